The standard InChI is InChI=1S/C22H27N3O/c1-15-20-14-25-11-10-16-8-9-18(23-17-6-4-3-5-7-17)12-19(16)22(25)13-21(20)24(2)26-15/h3-9,12,15,20-23H,10-11,13-14H2,1-2H3/t15-,20-,21-,22-/m0/s1. The Morgan fingerprint density at radius 3 is 2.77 bits per heavy atom. The molecule has 0 unspecified atom stereocenters. The number of benzene rings is 2. The van der Waals surface area contributed by atoms with Gasteiger partial charge in [-0.3, -0.25) is 9.74 Å². The molecule has 0 saturated carbocycles. The molecule has 4 heteroatoms. The fourth-order valence-electron chi connectivity index (χ4n) is 5.10. The number of nitrogens with zero attached hydrogens (tertiary/aromatic N) is 2. The number of rotatable bonds is 2. The van der Waals surface area contributed by atoms with E-state index in [1.165, 1.54) is 23.4 Å². The third kappa shape index (κ3) is 2.73. The van der Waals surface area contributed by atoms with Crippen molar-refractivity contribution in [3.8, 4) is 0 Å². The lowest BCUT2D eigenvalue weighted by Crippen LogP contribution is -2.50. The van der Waals surface area contributed by atoms with E-state index >= 15 is 0 Å². The van der Waals surface area contributed by atoms with Crippen LogP contribution in [0.2, 0.25) is 0 Å². The van der Waals surface area contributed by atoms with Crippen LogP contribution >= 0.6 is 0 Å². The Balaban J connectivity index is 1.44. The molecule has 2 fully saturated rings. The predicted octanol–water partition coefficient (Wildman–Crippen LogP) is 3.98. The molecule has 1 N–H and O–H groups in total. The van der Waals surface area contributed by atoms with Gasteiger partial charge in [0.2, 0.25) is 0 Å². The number of hydrogen-bond acceptors (Lipinski definition) is 4. The van der Waals surface area contributed by atoms with E-state index in [-0.39, 0.29) is 0 Å². The van der Waals surface area contributed by atoms with Gasteiger partial charge in [-0.25, -0.2) is 0 Å². The maximum atomic E-state index is 6.00. The molecule has 0 spiro atoms. The number of hydrogen-bond donors (Lipinski definition) is 1. The molecule has 3 heterocycles. The van der Waals surface area contributed by atoms with Crippen LogP contribution in [0.4, 0.5) is 11.4 Å². The molecule has 5 rings (SSSR count). The summed E-state index contributed by atoms with van der Waals surface area (Å²) < 4.78 is 0. The van der Waals surface area contributed by atoms with Crippen LogP contribution in [0.5, 0.6) is 0 Å². The minimum absolute atomic E-state index is 0.332. The fourth-order valence-corrected chi connectivity index (χ4v) is 5.10. The normalized spacial score (nSPS) is 31.2. The molecular weight excluding hydrogens is 322 g/mol. The van der Waals surface area contributed by atoms with E-state index in [4.69, 9.17) is 4.84 Å². The quantitative estimate of drug-likeness (QED) is 0.887. The van der Waals surface area contributed by atoms with Gasteiger partial charge >= 0.3 is 0 Å². The second-order valence-corrected chi connectivity index (χ2v) is 7.99. The van der Waals surface area contributed by atoms with Gasteiger partial charge in [0.15, 0.2) is 0 Å². The lowest BCUT2D eigenvalue weighted by Gasteiger charge is -2.46. The Bertz CT molecular complexity index is 793. The summed E-state index contributed by atoms with van der Waals surface area (Å²) in [6.07, 6.45) is 2.64. The van der Waals surface area contributed by atoms with Crippen LogP contribution in [0.1, 0.15) is 30.5 Å². The zero-order chi connectivity index (χ0) is 17.7. The monoisotopic (exact) mass is 349 g/mol. The SMILES string of the molecule is C[C@@H]1ON(C)[C@H]2C[C@H]3c4cc(Nc5ccccc5)ccc4CCN3C[C@@H]12. The van der Waals surface area contributed by atoms with Crippen LogP contribution in [0.3, 0.4) is 0 Å². The first kappa shape index (κ1) is 16.3. The van der Waals surface area contributed by atoms with Crippen molar-refractivity contribution in [2.24, 2.45) is 5.92 Å². The van der Waals surface area contributed by atoms with Gasteiger partial charge in [0.1, 0.15) is 0 Å². The largest absolute Gasteiger partial charge is 0.356 e. The molecular formula is C22H27N3O. The molecule has 0 radical (unpaired) electrons. The zero-order valence-corrected chi connectivity index (χ0v) is 15.6. The van der Waals surface area contributed by atoms with Crippen molar-refractivity contribution < 1.29 is 4.84 Å². The molecule has 136 valence electrons. The molecule has 2 aromatic rings. The van der Waals surface area contributed by atoms with Crippen LogP contribution in [-0.2, 0) is 11.3 Å². The van der Waals surface area contributed by atoms with Crippen LogP contribution in [0.15, 0.2) is 48.5 Å². The van der Waals surface area contributed by atoms with Crippen molar-refractivity contribution in [3.05, 3.63) is 59.7 Å². The van der Waals surface area contributed by atoms with Crippen LogP contribution in [0.25, 0.3) is 0 Å². The lowest BCUT2D eigenvalue weighted by molar-refractivity contribution is -0.140. The summed E-state index contributed by atoms with van der Waals surface area (Å²) in [5.41, 5.74) is 5.34. The molecule has 0 bridgehead atoms. The average molecular weight is 349 g/mol. The summed E-state index contributed by atoms with van der Waals surface area (Å²) in [6.45, 7) is 4.54. The Morgan fingerprint density at radius 1 is 1.08 bits per heavy atom. The number of nitrogens with one attached hydrogen (secondary N) is 1. The first-order chi connectivity index (χ1) is 12.7. The molecule has 0 aliphatic carbocycles. The Morgan fingerprint density at radius 2 is 1.92 bits per heavy atom. The summed E-state index contributed by atoms with van der Waals surface area (Å²) in [7, 11) is 2.11. The molecule has 26 heavy (non-hydrogen) atoms. The fraction of sp³-hybridized carbons (Fsp3) is 0.455. The third-order valence-electron chi connectivity index (χ3n) is 6.48. The van der Waals surface area contributed by atoms with Crippen molar-refractivity contribution in [3.63, 3.8) is 0 Å². The van der Waals surface area contributed by atoms with E-state index in [0.717, 1.165) is 25.1 Å². The summed E-state index contributed by atoms with van der Waals surface area (Å²) in [5.74, 6) is 0.628. The minimum atomic E-state index is 0.332. The van der Waals surface area contributed by atoms with Gasteiger partial charge in [-0.05, 0) is 55.2 Å². The Kier molecular flexibility index (Phi) is 4.00. The Hall–Kier alpha value is -1.88. The average Bonchev–Trinajstić information content (AvgIpc) is 2.94. The van der Waals surface area contributed by atoms with Gasteiger partial charge in [0.25, 0.3) is 0 Å². The molecule has 2 aromatic carbocycles. The topological polar surface area (TPSA) is 27.7 Å². The zero-order valence-electron chi connectivity index (χ0n) is 15.6. The van der Waals surface area contributed by atoms with Crippen molar-refractivity contribution >= 4 is 11.4 Å². The maximum absolute atomic E-state index is 6.00. The Labute approximate surface area is 155 Å². The van der Waals surface area contributed by atoms with E-state index in [1.807, 2.05) is 0 Å². The van der Waals surface area contributed by atoms with Gasteiger partial charge in [0.05, 0.1) is 6.10 Å². The van der Waals surface area contributed by atoms with E-state index in [2.05, 4.69) is 77.8 Å². The number of hydroxylamine groups is 2. The van der Waals surface area contributed by atoms with Crippen LogP contribution in [0, 0.1) is 5.92 Å². The first-order valence-electron chi connectivity index (χ1n) is 9.77. The van der Waals surface area contributed by atoms with Gasteiger partial charge in [-0.15, -0.1) is 0 Å². The summed E-state index contributed by atoms with van der Waals surface area (Å²) in [4.78, 5) is 8.69. The minimum Gasteiger partial charge on any atom is -0.356 e. The van der Waals surface area contributed by atoms with Crippen LogP contribution in [-0.4, -0.2) is 42.2 Å². The number of piperidine rings is 1. The van der Waals surface area contributed by atoms with Gasteiger partial charge in [-0.1, -0.05) is 24.3 Å². The summed E-state index contributed by atoms with van der Waals surface area (Å²) in [5, 5.41) is 5.68. The maximum Gasteiger partial charge on any atom is 0.0821 e. The number of anilines is 2. The molecule has 3 aliphatic rings. The van der Waals surface area contributed by atoms with E-state index in [0.29, 0.717) is 24.1 Å². The lowest BCUT2D eigenvalue weighted by atomic mass is 9.79. The summed E-state index contributed by atoms with van der Waals surface area (Å²) in [6, 6.07) is 18.4. The van der Waals surface area contributed by atoms with Crippen molar-refractivity contribution in [1.82, 2.24) is 9.96 Å². The van der Waals surface area contributed by atoms with Crippen molar-refractivity contribution in [1.29, 1.82) is 0 Å². The van der Waals surface area contributed by atoms with Crippen molar-refractivity contribution in [2.75, 3.05) is 25.5 Å². The second kappa shape index (κ2) is 6.38. The van der Waals surface area contributed by atoms with E-state index < -0.39 is 0 Å². The van der Waals surface area contributed by atoms with Gasteiger partial charge < -0.3 is 5.32 Å². The third-order valence-corrected chi connectivity index (χ3v) is 6.48. The molecule has 2 saturated heterocycles. The highest BCUT2D eigenvalue weighted by molar-refractivity contribution is 5.61. The number of fused-ring (bicyclic) bond motifs is 4. The molecule has 4 atom stereocenters. The second-order valence-electron chi connectivity index (χ2n) is 7.99. The smallest absolute Gasteiger partial charge is 0.0821 e. The molecule has 0 aromatic heterocycles. The highest BCUT2D eigenvalue weighted by Crippen LogP contribution is 2.44. The van der Waals surface area contributed by atoms with Crippen LogP contribution < -0.4 is 5.32 Å². The number of para-hydroxylation sites is 1. The molecule has 3 aliphatic heterocycles. The van der Waals surface area contributed by atoms with E-state index in [9.17, 15) is 0 Å². The summed E-state index contributed by atoms with van der Waals surface area (Å²) >= 11 is 0. The molecule has 0 amide bonds. The highest BCUT2D eigenvalue weighted by atomic mass is 16.7. The molecule has 4 nitrogen and oxygen atoms in total. The van der Waals surface area contributed by atoms with Gasteiger partial charge in [0, 0.05) is 49.5 Å². The van der Waals surface area contributed by atoms with E-state index in [1.54, 1.807) is 0 Å². The van der Waals surface area contributed by atoms with Gasteiger partial charge in [-0.2, -0.15) is 5.06 Å². The highest BCUT2D eigenvalue weighted by Gasteiger charge is 2.47. The van der Waals surface area contributed by atoms with Crippen molar-refractivity contribution in [2.45, 2.75) is 38.0 Å². The first-order valence-corrected chi connectivity index (χ1v) is 9.77. The predicted molar refractivity (Wildman–Crippen MR) is 104 cm³/mol.